The van der Waals surface area contributed by atoms with E-state index in [0.29, 0.717) is 5.69 Å². The molecule has 38 heavy (non-hydrogen) atoms. The molecule has 1 heterocycles. The molecule has 0 bridgehead atoms. The summed E-state index contributed by atoms with van der Waals surface area (Å²) in [4.78, 5) is 13.1. The Morgan fingerprint density at radius 3 is 2.24 bits per heavy atom. The summed E-state index contributed by atoms with van der Waals surface area (Å²) >= 11 is 0. The SMILES string of the molecule is Cc1ccc(S(=O)(=O)N(CC(=O)N/N=C\c2cc(C)n(-c3ccccc3)c2C)c2ccc(C)c(C)c2)cc1. The van der Waals surface area contributed by atoms with Gasteiger partial charge in [-0.15, -0.1) is 0 Å². The predicted octanol–water partition coefficient (Wildman–Crippen LogP) is 5.37. The summed E-state index contributed by atoms with van der Waals surface area (Å²) < 4.78 is 30.4. The van der Waals surface area contributed by atoms with Crippen molar-refractivity contribution in [3.05, 3.63) is 113 Å². The molecule has 7 nitrogen and oxygen atoms in total. The minimum absolute atomic E-state index is 0.117. The lowest BCUT2D eigenvalue weighted by molar-refractivity contribution is -0.119. The van der Waals surface area contributed by atoms with Gasteiger partial charge in [-0.25, -0.2) is 13.8 Å². The lowest BCUT2D eigenvalue weighted by Gasteiger charge is -2.24. The van der Waals surface area contributed by atoms with E-state index in [-0.39, 0.29) is 4.90 Å². The Morgan fingerprint density at radius 1 is 0.895 bits per heavy atom. The topological polar surface area (TPSA) is 83.8 Å². The third-order valence-electron chi connectivity index (χ3n) is 6.55. The van der Waals surface area contributed by atoms with E-state index in [0.717, 1.165) is 43.6 Å². The second-order valence-electron chi connectivity index (χ2n) is 9.38. The fourth-order valence-corrected chi connectivity index (χ4v) is 5.68. The number of nitrogens with one attached hydrogen (secondary N) is 1. The molecule has 1 N–H and O–H groups in total. The van der Waals surface area contributed by atoms with Crippen LogP contribution in [0.5, 0.6) is 0 Å². The van der Waals surface area contributed by atoms with E-state index >= 15 is 0 Å². The molecular formula is C30H32N4O3S. The molecule has 0 spiro atoms. The summed E-state index contributed by atoms with van der Waals surface area (Å²) in [7, 11) is -4.00. The van der Waals surface area contributed by atoms with Crippen LogP contribution in [0.2, 0.25) is 0 Å². The fraction of sp³-hybridized carbons (Fsp3) is 0.200. The van der Waals surface area contributed by atoms with Crippen molar-refractivity contribution >= 4 is 27.8 Å². The van der Waals surface area contributed by atoms with Crippen LogP contribution in [0.3, 0.4) is 0 Å². The number of carbonyl (C=O) groups is 1. The van der Waals surface area contributed by atoms with E-state index in [1.165, 1.54) is 0 Å². The number of hydrogen-bond donors (Lipinski definition) is 1. The molecule has 0 saturated heterocycles. The maximum Gasteiger partial charge on any atom is 0.264 e. The van der Waals surface area contributed by atoms with Gasteiger partial charge in [0.25, 0.3) is 15.9 Å². The van der Waals surface area contributed by atoms with Crippen molar-refractivity contribution in [3.8, 4) is 5.69 Å². The van der Waals surface area contributed by atoms with Gasteiger partial charge in [0, 0.05) is 22.6 Å². The normalized spacial score (nSPS) is 11.6. The lowest BCUT2D eigenvalue weighted by atomic mass is 10.1. The third kappa shape index (κ3) is 5.70. The van der Waals surface area contributed by atoms with Gasteiger partial charge >= 0.3 is 0 Å². The smallest absolute Gasteiger partial charge is 0.264 e. The predicted molar refractivity (Wildman–Crippen MR) is 153 cm³/mol. The molecule has 0 atom stereocenters. The Hall–Kier alpha value is -4.17. The molecule has 1 aromatic heterocycles. The van der Waals surface area contributed by atoms with E-state index in [1.54, 1.807) is 42.6 Å². The van der Waals surface area contributed by atoms with Gasteiger partial charge in [-0.05, 0) is 88.2 Å². The maximum absolute atomic E-state index is 13.6. The van der Waals surface area contributed by atoms with Crippen molar-refractivity contribution in [3.63, 3.8) is 0 Å². The van der Waals surface area contributed by atoms with Crippen LogP contribution in [-0.4, -0.2) is 31.7 Å². The first kappa shape index (κ1) is 26.9. The molecule has 196 valence electrons. The molecule has 0 radical (unpaired) electrons. The quantitative estimate of drug-likeness (QED) is 0.247. The molecule has 0 aliphatic carbocycles. The van der Waals surface area contributed by atoms with Crippen LogP contribution in [0.1, 0.15) is 33.6 Å². The number of benzene rings is 3. The first-order valence-electron chi connectivity index (χ1n) is 12.3. The summed E-state index contributed by atoms with van der Waals surface area (Å²) in [6, 6.07) is 23.9. The monoisotopic (exact) mass is 528 g/mol. The number of amides is 1. The number of nitrogens with zero attached hydrogens (tertiary/aromatic N) is 3. The van der Waals surface area contributed by atoms with Crippen molar-refractivity contribution in [1.82, 2.24) is 9.99 Å². The Labute approximate surface area is 224 Å². The van der Waals surface area contributed by atoms with Crippen LogP contribution in [0.15, 0.2) is 88.9 Å². The Kier molecular flexibility index (Phi) is 7.83. The van der Waals surface area contributed by atoms with Gasteiger partial charge in [-0.1, -0.05) is 42.0 Å². The molecule has 3 aromatic carbocycles. The van der Waals surface area contributed by atoms with Crippen LogP contribution in [-0.2, 0) is 14.8 Å². The molecule has 0 aliphatic rings. The number of sulfonamides is 1. The van der Waals surface area contributed by atoms with Gasteiger partial charge in [0.2, 0.25) is 0 Å². The van der Waals surface area contributed by atoms with Gasteiger partial charge in [-0.2, -0.15) is 5.10 Å². The Bertz CT molecular complexity index is 1590. The number of aryl methyl sites for hydroxylation is 4. The molecular weight excluding hydrogens is 496 g/mol. The minimum Gasteiger partial charge on any atom is -0.318 e. The number of anilines is 1. The van der Waals surface area contributed by atoms with E-state index in [9.17, 15) is 13.2 Å². The Morgan fingerprint density at radius 2 is 1.58 bits per heavy atom. The van der Waals surface area contributed by atoms with E-state index < -0.39 is 22.5 Å². The van der Waals surface area contributed by atoms with E-state index in [1.807, 2.05) is 77.1 Å². The molecule has 4 rings (SSSR count). The zero-order valence-corrected chi connectivity index (χ0v) is 23.1. The summed E-state index contributed by atoms with van der Waals surface area (Å²) in [6.45, 7) is 9.32. The molecule has 4 aromatic rings. The standard InChI is InChI=1S/C30H32N4O3S/c1-21-11-15-29(16-12-21)38(36,37)33(28-14-13-22(2)23(3)17-28)20-30(35)32-31-19-26-18-24(4)34(25(26)5)27-9-7-6-8-10-27/h6-19H,20H2,1-5H3,(H,32,35)/b31-19-. The highest BCUT2D eigenvalue weighted by atomic mass is 32.2. The molecule has 0 saturated carbocycles. The maximum atomic E-state index is 13.6. The van der Waals surface area contributed by atoms with Gasteiger partial charge < -0.3 is 4.57 Å². The average molecular weight is 529 g/mol. The highest BCUT2D eigenvalue weighted by Crippen LogP contribution is 2.26. The van der Waals surface area contributed by atoms with Crippen LogP contribution in [0, 0.1) is 34.6 Å². The number of rotatable bonds is 8. The zero-order valence-electron chi connectivity index (χ0n) is 22.3. The summed E-state index contributed by atoms with van der Waals surface area (Å²) in [5, 5.41) is 4.14. The highest BCUT2D eigenvalue weighted by Gasteiger charge is 2.27. The van der Waals surface area contributed by atoms with E-state index in [4.69, 9.17) is 0 Å². The van der Waals surface area contributed by atoms with Gasteiger partial charge in [0.1, 0.15) is 6.54 Å². The van der Waals surface area contributed by atoms with Crippen LogP contribution in [0.4, 0.5) is 5.69 Å². The second kappa shape index (κ2) is 11.1. The largest absolute Gasteiger partial charge is 0.318 e. The van der Waals surface area contributed by atoms with Crippen LogP contribution >= 0.6 is 0 Å². The zero-order chi connectivity index (χ0) is 27.4. The number of hydrogen-bond acceptors (Lipinski definition) is 4. The van der Waals surface area contributed by atoms with Gasteiger partial charge in [0.05, 0.1) is 16.8 Å². The minimum atomic E-state index is -4.00. The first-order chi connectivity index (χ1) is 18.1. The number of para-hydroxylation sites is 1. The Balaban J connectivity index is 1.57. The van der Waals surface area contributed by atoms with Crippen LogP contribution < -0.4 is 9.73 Å². The molecule has 1 amide bonds. The molecule has 0 unspecified atom stereocenters. The number of aromatic nitrogens is 1. The second-order valence-corrected chi connectivity index (χ2v) is 11.2. The van der Waals surface area contributed by atoms with Crippen molar-refractivity contribution in [2.24, 2.45) is 5.10 Å². The van der Waals surface area contributed by atoms with Gasteiger partial charge in [0.15, 0.2) is 0 Å². The molecule has 0 aliphatic heterocycles. The van der Waals surface area contributed by atoms with Crippen LogP contribution in [0.25, 0.3) is 5.69 Å². The third-order valence-corrected chi connectivity index (χ3v) is 8.34. The van der Waals surface area contributed by atoms with Gasteiger partial charge in [-0.3, -0.25) is 9.10 Å². The lowest BCUT2D eigenvalue weighted by Crippen LogP contribution is -2.39. The summed E-state index contributed by atoms with van der Waals surface area (Å²) in [5.74, 6) is -0.549. The fourth-order valence-electron chi connectivity index (χ4n) is 4.27. The highest BCUT2D eigenvalue weighted by molar-refractivity contribution is 7.92. The molecule has 8 heteroatoms. The molecule has 0 fully saturated rings. The first-order valence-corrected chi connectivity index (χ1v) is 13.7. The van der Waals surface area contributed by atoms with E-state index in [2.05, 4.69) is 15.1 Å². The van der Waals surface area contributed by atoms with Crippen molar-refractivity contribution in [2.45, 2.75) is 39.5 Å². The number of hydrazone groups is 1. The van der Waals surface area contributed by atoms with Crippen molar-refractivity contribution < 1.29 is 13.2 Å². The average Bonchev–Trinajstić information content (AvgIpc) is 3.17. The summed E-state index contributed by atoms with van der Waals surface area (Å²) in [5.41, 5.74) is 9.72. The number of carbonyl (C=O) groups excluding carboxylic acids is 1. The van der Waals surface area contributed by atoms with Crippen molar-refractivity contribution in [2.75, 3.05) is 10.8 Å². The van der Waals surface area contributed by atoms with Crippen molar-refractivity contribution in [1.29, 1.82) is 0 Å². The summed E-state index contributed by atoms with van der Waals surface area (Å²) in [6.07, 6.45) is 1.58.